The molecule has 0 amide bonds. The summed E-state index contributed by atoms with van der Waals surface area (Å²) in [5.41, 5.74) is 9.35. The van der Waals surface area contributed by atoms with Crippen molar-refractivity contribution in [1.82, 2.24) is 30.5 Å². The fourth-order valence-electron chi connectivity index (χ4n) is 5.22. The van der Waals surface area contributed by atoms with E-state index in [1.165, 1.54) is 18.4 Å². The number of methoxy groups -OCH3 is 1. The molecule has 34 heavy (non-hydrogen) atoms. The topological polar surface area (TPSA) is 104 Å². The zero-order valence-corrected chi connectivity index (χ0v) is 20.3. The Morgan fingerprint density at radius 2 is 1.94 bits per heavy atom. The minimum atomic E-state index is 0.381. The maximum Gasteiger partial charge on any atom is 0.145 e. The quantitative estimate of drug-likeness (QED) is 0.399. The second-order valence-electron chi connectivity index (χ2n) is 9.43. The number of aromatic amines is 1. The predicted octanol–water partition coefficient (Wildman–Crippen LogP) is 4.57. The summed E-state index contributed by atoms with van der Waals surface area (Å²) in [5, 5.41) is 11.8. The molecule has 4 heterocycles. The normalized spacial score (nSPS) is 18.5. The van der Waals surface area contributed by atoms with E-state index >= 15 is 0 Å². The maximum atomic E-state index is 5.81. The number of H-pyrrole nitrogens is 1. The van der Waals surface area contributed by atoms with Crippen LogP contribution in [0.15, 0.2) is 28.0 Å². The highest BCUT2D eigenvalue weighted by Crippen LogP contribution is 2.42. The fourth-order valence-corrected chi connectivity index (χ4v) is 5.22. The van der Waals surface area contributed by atoms with Crippen molar-refractivity contribution < 1.29 is 9.26 Å². The SMILES string of the molecule is COc1cc2c(cc1-c1c(C)noc1C)[nH]c1nc(C)nc(NC3=C(C)C(C4CC4)NN3C)c12. The average molecular weight is 460 g/mol. The molecule has 1 fully saturated rings. The van der Waals surface area contributed by atoms with Crippen LogP contribution in [0, 0.1) is 26.7 Å². The van der Waals surface area contributed by atoms with Gasteiger partial charge in [-0.05, 0) is 64.2 Å². The van der Waals surface area contributed by atoms with Gasteiger partial charge in [-0.15, -0.1) is 0 Å². The summed E-state index contributed by atoms with van der Waals surface area (Å²) < 4.78 is 11.2. The van der Waals surface area contributed by atoms with Crippen molar-refractivity contribution in [3.8, 4) is 16.9 Å². The van der Waals surface area contributed by atoms with Crippen molar-refractivity contribution in [3.63, 3.8) is 0 Å². The number of fused-ring (bicyclic) bond motifs is 3. The first-order chi connectivity index (χ1) is 16.4. The minimum absolute atomic E-state index is 0.381. The van der Waals surface area contributed by atoms with Crippen molar-refractivity contribution in [2.24, 2.45) is 5.92 Å². The molecule has 9 heteroatoms. The smallest absolute Gasteiger partial charge is 0.145 e. The molecule has 176 valence electrons. The average Bonchev–Trinajstić information content (AvgIpc) is 3.43. The second kappa shape index (κ2) is 7.46. The lowest BCUT2D eigenvalue weighted by Gasteiger charge is -2.19. The van der Waals surface area contributed by atoms with Crippen LogP contribution >= 0.6 is 0 Å². The van der Waals surface area contributed by atoms with E-state index < -0.39 is 0 Å². The maximum absolute atomic E-state index is 5.81. The molecule has 4 aromatic rings. The molecule has 1 aliphatic heterocycles. The molecule has 0 saturated heterocycles. The fraction of sp³-hybridized carbons (Fsp3) is 0.400. The third-order valence-electron chi connectivity index (χ3n) is 7.02. The third kappa shape index (κ3) is 3.14. The van der Waals surface area contributed by atoms with Gasteiger partial charge < -0.3 is 19.6 Å². The number of nitrogens with zero attached hydrogens (tertiary/aromatic N) is 4. The molecule has 2 aliphatic rings. The number of hydrazine groups is 1. The first-order valence-corrected chi connectivity index (χ1v) is 11.6. The highest BCUT2D eigenvalue weighted by molar-refractivity contribution is 6.13. The Hall–Kier alpha value is -3.59. The van der Waals surface area contributed by atoms with E-state index in [9.17, 15) is 0 Å². The van der Waals surface area contributed by atoms with Gasteiger partial charge in [0.2, 0.25) is 0 Å². The third-order valence-corrected chi connectivity index (χ3v) is 7.02. The number of ether oxygens (including phenoxy) is 1. The zero-order valence-electron chi connectivity index (χ0n) is 20.3. The van der Waals surface area contributed by atoms with E-state index in [-0.39, 0.29) is 0 Å². The lowest BCUT2D eigenvalue weighted by atomic mass is 10.0. The minimum Gasteiger partial charge on any atom is -0.496 e. The van der Waals surface area contributed by atoms with E-state index in [2.05, 4.69) is 38.9 Å². The number of hydrogen-bond donors (Lipinski definition) is 3. The summed E-state index contributed by atoms with van der Waals surface area (Å²) in [7, 11) is 3.73. The van der Waals surface area contributed by atoms with E-state index in [0.29, 0.717) is 17.8 Å². The molecule has 1 aliphatic carbocycles. The molecule has 3 aromatic heterocycles. The lowest BCUT2D eigenvalue weighted by molar-refractivity contribution is 0.297. The molecule has 9 nitrogen and oxygen atoms in total. The van der Waals surface area contributed by atoms with Gasteiger partial charge in [-0.3, -0.25) is 5.01 Å². The van der Waals surface area contributed by atoms with Crippen molar-refractivity contribution in [2.75, 3.05) is 19.5 Å². The first kappa shape index (κ1) is 21.0. The van der Waals surface area contributed by atoms with Crippen LogP contribution in [-0.4, -0.2) is 45.3 Å². The molecule has 0 radical (unpaired) electrons. The van der Waals surface area contributed by atoms with Crippen LogP contribution in [0.5, 0.6) is 5.75 Å². The van der Waals surface area contributed by atoms with E-state index in [0.717, 1.165) is 61.9 Å². The van der Waals surface area contributed by atoms with Gasteiger partial charge >= 0.3 is 0 Å². The summed E-state index contributed by atoms with van der Waals surface area (Å²) in [6, 6.07) is 4.51. The molecule has 0 bridgehead atoms. The predicted molar refractivity (Wildman–Crippen MR) is 131 cm³/mol. The molecule has 1 aromatic carbocycles. The Morgan fingerprint density at radius 1 is 1.15 bits per heavy atom. The number of aromatic nitrogens is 4. The van der Waals surface area contributed by atoms with Gasteiger partial charge in [-0.1, -0.05) is 5.16 Å². The van der Waals surface area contributed by atoms with Crippen LogP contribution in [0.2, 0.25) is 0 Å². The Bertz CT molecular complexity index is 1460. The van der Waals surface area contributed by atoms with Crippen molar-refractivity contribution >= 4 is 27.8 Å². The molecule has 1 atom stereocenters. The van der Waals surface area contributed by atoms with Crippen LogP contribution in [0.4, 0.5) is 5.82 Å². The summed E-state index contributed by atoms with van der Waals surface area (Å²) in [5.74, 6) is 4.75. The van der Waals surface area contributed by atoms with Gasteiger partial charge in [0.15, 0.2) is 0 Å². The second-order valence-corrected chi connectivity index (χ2v) is 9.43. The Kier molecular flexibility index (Phi) is 4.60. The van der Waals surface area contributed by atoms with Crippen LogP contribution in [-0.2, 0) is 0 Å². The highest BCUT2D eigenvalue weighted by atomic mass is 16.5. The number of aryl methyl sites for hydroxylation is 3. The number of rotatable bonds is 5. The standard InChI is InChI=1S/C25H29N7O2/c1-11-22(15-7-8-15)30-32(5)25(11)29-24-21-16-10-19(33-6)17(20-12(2)31-34-13(20)3)9-18(16)28-23(21)26-14(4)27-24/h9-10,15,22,30H,7-8H2,1-6H3,(H2,26,27,28,29). The van der Waals surface area contributed by atoms with E-state index in [1.807, 2.05) is 33.9 Å². The molecular weight excluding hydrogens is 430 g/mol. The van der Waals surface area contributed by atoms with Gasteiger partial charge in [0.25, 0.3) is 0 Å². The molecule has 6 rings (SSSR count). The Morgan fingerprint density at radius 3 is 2.62 bits per heavy atom. The van der Waals surface area contributed by atoms with E-state index in [4.69, 9.17) is 19.2 Å². The lowest BCUT2D eigenvalue weighted by Crippen LogP contribution is -2.36. The van der Waals surface area contributed by atoms with Crippen molar-refractivity contribution in [2.45, 2.75) is 46.6 Å². The summed E-state index contributed by atoms with van der Waals surface area (Å²) in [6.07, 6.45) is 2.56. The van der Waals surface area contributed by atoms with Gasteiger partial charge in [0.05, 0.1) is 29.8 Å². The zero-order chi connectivity index (χ0) is 23.7. The monoisotopic (exact) mass is 459 g/mol. The summed E-state index contributed by atoms with van der Waals surface area (Å²) in [4.78, 5) is 13.0. The molecule has 0 spiro atoms. The number of anilines is 1. The van der Waals surface area contributed by atoms with Crippen LogP contribution in [0.25, 0.3) is 33.1 Å². The van der Waals surface area contributed by atoms with Crippen molar-refractivity contribution in [1.29, 1.82) is 0 Å². The number of hydrogen-bond acceptors (Lipinski definition) is 8. The summed E-state index contributed by atoms with van der Waals surface area (Å²) in [6.45, 7) is 7.96. The molecular formula is C25H29N7O2. The molecule has 1 unspecified atom stereocenters. The van der Waals surface area contributed by atoms with Gasteiger partial charge in [-0.2, -0.15) is 0 Å². The first-order valence-electron chi connectivity index (χ1n) is 11.6. The number of benzene rings is 1. The highest BCUT2D eigenvalue weighted by Gasteiger charge is 2.38. The van der Waals surface area contributed by atoms with Crippen LogP contribution < -0.4 is 15.5 Å². The Balaban J connectivity index is 1.53. The molecule has 1 saturated carbocycles. The van der Waals surface area contributed by atoms with E-state index in [1.54, 1.807) is 7.11 Å². The number of nitrogens with one attached hydrogen (secondary N) is 3. The largest absolute Gasteiger partial charge is 0.496 e. The van der Waals surface area contributed by atoms with Crippen LogP contribution in [0.1, 0.15) is 37.0 Å². The Labute approximate surface area is 197 Å². The van der Waals surface area contributed by atoms with Gasteiger partial charge in [-0.25, -0.2) is 15.4 Å². The van der Waals surface area contributed by atoms with Crippen LogP contribution in [0.3, 0.4) is 0 Å². The van der Waals surface area contributed by atoms with Crippen molar-refractivity contribution in [3.05, 3.63) is 40.8 Å². The van der Waals surface area contributed by atoms with Gasteiger partial charge in [0.1, 0.15) is 34.6 Å². The van der Waals surface area contributed by atoms with Gasteiger partial charge in [0, 0.05) is 23.5 Å². The summed E-state index contributed by atoms with van der Waals surface area (Å²) >= 11 is 0. The molecule has 3 N–H and O–H groups in total.